The van der Waals surface area contributed by atoms with Gasteiger partial charge in [0.25, 0.3) is 0 Å². The number of piperazine rings is 1. The first-order chi connectivity index (χ1) is 9.58. The Bertz CT molecular complexity index is 528. The molecule has 0 aliphatic carbocycles. The summed E-state index contributed by atoms with van der Waals surface area (Å²) in [6.45, 7) is 7.98. The van der Waals surface area contributed by atoms with Crippen LogP contribution in [0.4, 0.5) is 5.69 Å². The van der Waals surface area contributed by atoms with Crippen LogP contribution in [0.1, 0.15) is 30.9 Å². The van der Waals surface area contributed by atoms with Crippen molar-refractivity contribution in [2.75, 3.05) is 24.5 Å². The van der Waals surface area contributed by atoms with E-state index < -0.39 is 0 Å². The fourth-order valence-electron chi connectivity index (χ4n) is 3.74. The van der Waals surface area contributed by atoms with E-state index in [1.807, 2.05) is 6.07 Å². The number of rotatable bonds is 2. The molecule has 3 nitrogen and oxygen atoms in total. The molecule has 3 rings (SSSR count). The van der Waals surface area contributed by atoms with E-state index in [2.05, 4.69) is 35.8 Å². The van der Waals surface area contributed by atoms with E-state index in [9.17, 15) is 0 Å². The molecule has 2 aliphatic rings. The largest absolute Gasteiger partial charge is 0.389 e. The van der Waals surface area contributed by atoms with Crippen LogP contribution in [0.15, 0.2) is 18.2 Å². The molecule has 0 aromatic heterocycles. The van der Waals surface area contributed by atoms with Crippen LogP contribution < -0.4 is 10.6 Å². The maximum absolute atomic E-state index is 5.94. The number of hydrogen-bond acceptors (Lipinski definition) is 3. The summed E-state index contributed by atoms with van der Waals surface area (Å²) in [5.74, 6) is 0. The van der Waals surface area contributed by atoms with Crippen LogP contribution in [0, 0.1) is 6.92 Å². The number of para-hydroxylation sites is 1. The van der Waals surface area contributed by atoms with Gasteiger partial charge in [-0.2, -0.15) is 0 Å². The topological polar surface area (TPSA) is 32.5 Å². The molecule has 0 spiro atoms. The van der Waals surface area contributed by atoms with Crippen LogP contribution in [0.25, 0.3) is 0 Å². The fourth-order valence-corrected chi connectivity index (χ4v) is 3.90. The summed E-state index contributed by atoms with van der Waals surface area (Å²) in [5, 5.41) is 0. The van der Waals surface area contributed by atoms with Gasteiger partial charge in [-0.25, -0.2) is 0 Å². The van der Waals surface area contributed by atoms with Gasteiger partial charge in [0.05, 0.1) is 5.69 Å². The molecule has 0 bridgehead atoms. The van der Waals surface area contributed by atoms with Crippen molar-refractivity contribution in [2.45, 2.75) is 38.8 Å². The summed E-state index contributed by atoms with van der Waals surface area (Å²) >= 11 is 5.25. The minimum atomic E-state index is 0.504. The molecule has 0 amide bonds. The fraction of sp³-hybridized carbons (Fsp3) is 0.562. The van der Waals surface area contributed by atoms with Crippen molar-refractivity contribution in [3.63, 3.8) is 0 Å². The number of aryl methyl sites for hydroxylation is 1. The molecule has 2 aliphatic heterocycles. The minimum absolute atomic E-state index is 0.504. The first-order valence-corrected chi connectivity index (χ1v) is 7.89. The molecule has 2 N–H and O–H groups in total. The van der Waals surface area contributed by atoms with Gasteiger partial charge in [0.2, 0.25) is 0 Å². The molecule has 1 aromatic carbocycles. The Morgan fingerprint density at radius 1 is 1.35 bits per heavy atom. The summed E-state index contributed by atoms with van der Waals surface area (Å²) in [4.78, 5) is 5.67. The van der Waals surface area contributed by atoms with E-state index in [4.69, 9.17) is 18.0 Å². The maximum Gasteiger partial charge on any atom is 0.106 e. The highest BCUT2D eigenvalue weighted by atomic mass is 32.1. The van der Waals surface area contributed by atoms with Gasteiger partial charge in [-0.15, -0.1) is 0 Å². The molecule has 4 heteroatoms. The van der Waals surface area contributed by atoms with E-state index in [0.717, 1.165) is 18.7 Å². The second kappa shape index (κ2) is 5.34. The van der Waals surface area contributed by atoms with E-state index in [1.165, 1.54) is 30.6 Å². The van der Waals surface area contributed by atoms with Gasteiger partial charge in [0.1, 0.15) is 4.99 Å². The lowest BCUT2D eigenvalue weighted by molar-refractivity contribution is 0.203. The van der Waals surface area contributed by atoms with E-state index in [0.29, 0.717) is 17.1 Å². The lowest BCUT2D eigenvalue weighted by Crippen LogP contribution is -2.55. The molecule has 2 unspecified atom stereocenters. The Balaban J connectivity index is 1.97. The number of nitrogens with two attached hydrogens (primary N) is 1. The third-order valence-electron chi connectivity index (χ3n) is 4.73. The van der Waals surface area contributed by atoms with Crippen molar-refractivity contribution in [1.82, 2.24) is 4.90 Å². The monoisotopic (exact) mass is 289 g/mol. The Kier molecular flexibility index (Phi) is 3.69. The third-order valence-corrected chi connectivity index (χ3v) is 4.95. The zero-order valence-electron chi connectivity index (χ0n) is 12.3. The van der Waals surface area contributed by atoms with E-state index in [1.54, 1.807) is 0 Å². The first-order valence-electron chi connectivity index (χ1n) is 7.48. The average molecular weight is 289 g/mol. The summed E-state index contributed by atoms with van der Waals surface area (Å²) in [7, 11) is 0. The van der Waals surface area contributed by atoms with Crippen molar-refractivity contribution < 1.29 is 0 Å². The Labute approximate surface area is 126 Å². The summed E-state index contributed by atoms with van der Waals surface area (Å²) in [6.07, 6.45) is 2.65. The van der Waals surface area contributed by atoms with E-state index in [-0.39, 0.29) is 0 Å². The highest BCUT2D eigenvalue weighted by Gasteiger charge is 2.35. The predicted octanol–water partition coefficient (Wildman–Crippen LogP) is 2.30. The third kappa shape index (κ3) is 2.31. The van der Waals surface area contributed by atoms with Crippen LogP contribution in [0.5, 0.6) is 0 Å². The van der Waals surface area contributed by atoms with Gasteiger partial charge >= 0.3 is 0 Å². The minimum Gasteiger partial charge on any atom is -0.389 e. The lowest BCUT2D eigenvalue weighted by Gasteiger charge is -2.44. The van der Waals surface area contributed by atoms with Crippen LogP contribution in [0.2, 0.25) is 0 Å². The van der Waals surface area contributed by atoms with Crippen LogP contribution in [0.3, 0.4) is 0 Å². The molecule has 108 valence electrons. The Morgan fingerprint density at radius 3 is 2.90 bits per heavy atom. The van der Waals surface area contributed by atoms with Crippen molar-refractivity contribution in [3.05, 3.63) is 29.3 Å². The van der Waals surface area contributed by atoms with Crippen LogP contribution >= 0.6 is 12.2 Å². The molecule has 2 saturated heterocycles. The highest BCUT2D eigenvalue weighted by Crippen LogP contribution is 2.32. The van der Waals surface area contributed by atoms with E-state index >= 15 is 0 Å². The SMILES string of the molecule is Cc1cccc(C(N)=S)c1N1CC2CCCN2CC1C. The molecule has 1 aromatic rings. The molecule has 0 saturated carbocycles. The average Bonchev–Trinajstić information content (AvgIpc) is 2.84. The van der Waals surface area contributed by atoms with Gasteiger partial charge in [-0.1, -0.05) is 24.4 Å². The molecule has 2 heterocycles. The highest BCUT2D eigenvalue weighted by molar-refractivity contribution is 7.80. The molecular weight excluding hydrogens is 266 g/mol. The molecular formula is C16H23N3S. The normalized spacial score (nSPS) is 26.6. The standard InChI is InChI=1S/C16H23N3S/c1-11-5-3-7-14(16(17)20)15(11)19-10-13-6-4-8-18(13)9-12(19)2/h3,5,7,12-13H,4,6,8-10H2,1-2H3,(H2,17,20). The van der Waals surface area contributed by atoms with Crippen molar-refractivity contribution >= 4 is 22.9 Å². The van der Waals surface area contributed by atoms with Crippen molar-refractivity contribution in [2.24, 2.45) is 5.73 Å². The molecule has 2 fully saturated rings. The van der Waals surface area contributed by atoms with Crippen LogP contribution in [-0.4, -0.2) is 41.6 Å². The smallest absolute Gasteiger partial charge is 0.106 e. The second-order valence-corrected chi connectivity index (χ2v) is 6.57. The molecule has 0 radical (unpaired) electrons. The number of benzene rings is 1. The molecule has 20 heavy (non-hydrogen) atoms. The van der Waals surface area contributed by atoms with Gasteiger partial charge in [0.15, 0.2) is 0 Å². The molecule has 2 atom stereocenters. The number of nitrogens with zero attached hydrogens (tertiary/aromatic N) is 2. The number of anilines is 1. The van der Waals surface area contributed by atoms with Gasteiger partial charge in [-0.3, -0.25) is 4.90 Å². The Morgan fingerprint density at radius 2 is 2.15 bits per heavy atom. The zero-order valence-corrected chi connectivity index (χ0v) is 13.1. The predicted molar refractivity (Wildman–Crippen MR) is 88.5 cm³/mol. The number of thiocarbonyl (C=S) groups is 1. The first kappa shape index (κ1) is 13.8. The van der Waals surface area contributed by atoms with Crippen molar-refractivity contribution in [1.29, 1.82) is 0 Å². The van der Waals surface area contributed by atoms with Gasteiger partial charge in [0, 0.05) is 30.7 Å². The Hall–Kier alpha value is -1.13. The lowest BCUT2D eigenvalue weighted by atomic mass is 10.0. The summed E-state index contributed by atoms with van der Waals surface area (Å²) in [5.41, 5.74) is 9.48. The van der Waals surface area contributed by atoms with Gasteiger partial charge < -0.3 is 10.6 Å². The zero-order chi connectivity index (χ0) is 14.3. The maximum atomic E-state index is 5.94. The summed E-state index contributed by atoms with van der Waals surface area (Å²) in [6, 6.07) is 7.47. The number of hydrogen-bond donors (Lipinski definition) is 1. The number of fused-ring (bicyclic) bond motifs is 1. The summed E-state index contributed by atoms with van der Waals surface area (Å²) < 4.78 is 0. The van der Waals surface area contributed by atoms with Crippen LogP contribution in [-0.2, 0) is 0 Å². The quantitative estimate of drug-likeness (QED) is 0.847. The van der Waals surface area contributed by atoms with Gasteiger partial charge in [-0.05, 0) is 44.9 Å². The second-order valence-electron chi connectivity index (χ2n) is 6.13. The van der Waals surface area contributed by atoms with Crippen molar-refractivity contribution in [3.8, 4) is 0 Å².